The highest BCUT2D eigenvalue weighted by atomic mass is 32.2. The van der Waals surface area contributed by atoms with E-state index in [1.165, 1.54) is 4.31 Å². The van der Waals surface area contributed by atoms with Crippen molar-refractivity contribution in [2.45, 2.75) is 44.6 Å². The Kier molecular flexibility index (Phi) is 7.50. The van der Waals surface area contributed by atoms with Crippen LogP contribution >= 0.6 is 0 Å². The van der Waals surface area contributed by atoms with Gasteiger partial charge in [0.2, 0.25) is 15.9 Å². The van der Waals surface area contributed by atoms with Crippen LogP contribution in [-0.2, 0) is 21.2 Å². The zero-order valence-corrected chi connectivity index (χ0v) is 16.9. The van der Waals surface area contributed by atoms with Gasteiger partial charge in [-0.3, -0.25) is 9.78 Å². The molecule has 7 heteroatoms. The van der Waals surface area contributed by atoms with Gasteiger partial charge in [0.1, 0.15) is 0 Å². The van der Waals surface area contributed by atoms with Crippen molar-refractivity contribution in [3.63, 3.8) is 0 Å². The van der Waals surface area contributed by atoms with E-state index < -0.39 is 10.0 Å². The van der Waals surface area contributed by atoms with E-state index in [2.05, 4.69) is 10.3 Å². The summed E-state index contributed by atoms with van der Waals surface area (Å²) in [6.07, 6.45) is 4.30. The minimum Gasteiger partial charge on any atom is -0.350 e. The van der Waals surface area contributed by atoms with Crippen LogP contribution < -0.4 is 5.32 Å². The zero-order valence-electron chi connectivity index (χ0n) is 16.1. The number of nitrogens with zero attached hydrogens (tertiary/aromatic N) is 2. The molecule has 0 bridgehead atoms. The summed E-state index contributed by atoms with van der Waals surface area (Å²) in [5.74, 6) is -0.0425. The maximum absolute atomic E-state index is 12.5. The predicted molar refractivity (Wildman–Crippen MR) is 106 cm³/mol. The largest absolute Gasteiger partial charge is 0.350 e. The third-order valence-electron chi connectivity index (χ3n) is 4.49. The lowest BCUT2D eigenvalue weighted by Gasteiger charge is -2.18. The molecule has 2 rings (SSSR count). The average molecular weight is 390 g/mol. The lowest BCUT2D eigenvalue weighted by atomic mass is 10.1. The Morgan fingerprint density at radius 2 is 1.67 bits per heavy atom. The molecular weight excluding hydrogens is 362 g/mol. The molecule has 1 heterocycles. The second-order valence-corrected chi connectivity index (χ2v) is 8.24. The number of benzene rings is 1. The Balaban J connectivity index is 1.92. The first kappa shape index (κ1) is 21.1. The van der Waals surface area contributed by atoms with Gasteiger partial charge in [-0.25, -0.2) is 8.42 Å². The normalized spacial score (nSPS) is 12.7. The number of sulfonamides is 1. The number of rotatable bonds is 9. The Bertz CT molecular complexity index is 833. The van der Waals surface area contributed by atoms with E-state index in [9.17, 15) is 13.2 Å². The summed E-state index contributed by atoms with van der Waals surface area (Å²) >= 11 is 0. The lowest BCUT2D eigenvalue weighted by Crippen LogP contribution is -2.30. The molecule has 6 nitrogen and oxygen atoms in total. The van der Waals surface area contributed by atoms with Crippen molar-refractivity contribution in [3.05, 3.63) is 59.9 Å². The van der Waals surface area contributed by atoms with E-state index in [-0.39, 0.29) is 16.8 Å². The van der Waals surface area contributed by atoms with Crippen LogP contribution in [0.3, 0.4) is 0 Å². The summed E-state index contributed by atoms with van der Waals surface area (Å²) in [4.78, 5) is 16.4. The topological polar surface area (TPSA) is 79.4 Å². The molecule has 0 saturated carbocycles. The van der Waals surface area contributed by atoms with Crippen molar-refractivity contribution in [1.82, 2.24) is 14.6 Å². The van der Waals surface area contributed by atoms with Crippen LogP contribution in [-0.4, -0.2) is 36.7 Å². The monoisotopic (exact) mass is 389 g/mol. The smallest absolute Gasteiger partial charge is 0.243 e. The molecule has 1 aromatic carbocycles. The molecule has 0 saturated heterocycles. The van der Waals surface area contributed by atoms with Gasteiger partial charge in [0.05, 0.1) is 10.9 Å². The molecule has 146 valence electrons. The quantitative estimate of drug-likeness (QED) is 0.715. The molecule has 0 spiro atoms. The molecule has 1 unspecified atom stereocenters. The zero-order chi connectivity index (χ0) is 19.9. The van der Waals surface area contributed by atoms with E-state index in [4.69, 9.17) is 0 Å². The van der Waals surface area contributed by atoms with Crippen molar-refractivity contribution in [2.75, 3.05) is 13.1 Å². The molecule has 1 atom stereocenters. The number of hydrogen-bond donors (Lipinski definition) is 1. The summed E-state index contributed by atoms with van der Waals surface area (Å²) in [5, 5.41) is 2.96. The van der Waals surface area contributed by atoms with E-state index in [1.807, 2.05) is 32.9 Å². The summed E-state index contributed by atoms with van der Waals surface area (Å²) in [6.45, 7) is 6.45. The fraction of sp³-hybridized carbons (Fsp3) is 0.400. The SMILES string of the molecule is CCN(CC)S(=O)(=O)c1ccc(CCC(=O)NC(C)c2ccncc2)cc1. The van der Waals surface area contributed by atoms with Gasteiger partial charge in [0.15, 0.2) is 0 Å². The molecule has 1 N–H and O–H groups in total. The van der Waals surface area contributed by atoms with E-state index in [0.29, 0.717) is 25.9 Å². The minimum atomic E-state index is -3.45. The van der Waals surface area contributed by atoms with Gasteiger partial charge in [-0.15, -0.1) is 0 Å². The van der Waals surface area contributed by atoms with Crippen LogP contribution in [0.4, 0.5) is 0 Å². The standard InChI is InChI=1S/C20H27N3O3S/c1-4-23(5-2)27(25,26)19-9-6-17(7-10-19)8-11-20(24)22-16(3)18-12-14-21-15-13-18/h6-7,9-10,12-16H,4-5,8,11H2,1-3H3,(H,22,24). The average Bonchev–Trinajstić information content (AvgIpc) is 2.68. The van der Waals surface area contributed by atoms with Crippen LogP contribution in [0.15, 0.2) is 53.7 Å². The van der Waals surface area contributed by atoms with Crippen LogP contribution in [0.2, 0.25) is 0 Å². The van der Waals surface area contributed by atoms with Gasteiger partial charge in [0, 0.05) is 31.9 Å². The van der Waals surface area contributed by atoms with Crippen molar-refractivity contribution in [1.29, 1.82) is 0 Å². The Morgan fingerprint density at radius 1 is 1.07 bits per heavy atom. The summed E-state index contributed by atoms with van der Waals surface area (Å²) in [5.41, 5.74) is 1.93. The van der Waals surface area contributed by atoms with Crippen molar-refractivity contribution >= 4 is 15.9 Å². The highest BCUT2D eigenvalue weighted by Crippen LogP contribution is 2.17. The number of pyridine rings is 1. The second-order valence-electron chi connectivity index (χ2n) is 6.30. The molecule has 1 aromatic heterocycles. The molecule has 0 aliphatic heterocycles. The van der Waals surface area contributed by atoms with E-state index in [1.54, 1.807) is 36.7 Å². The van der Waals surface area contributed by atoms with Crippen LogP contribution in [0, 0.1) is 0 Å². The van der Waals surface area contributed by atoms with Gasteiger partial charge in [-0.05, 0) is 48.7 Å². The maximum Gasteiger partial charge on any atom is 0.243 e. The van der Waals surface area contributed by atoms with Crippen LogP contribution in [0.5, 0.6) is 0 Å². The number of aromatic nitrogens is 1. The van der Waals surface area contributed by atoms with Gasteiger partial charge in [0.25, 0.3) is 0 Å². The first-order valence-corrected chi connectivity index (χ1v) is 10.6. The lowest BCUT2D eigenvalue weighted by molar-refractivity contribution is -0.121. The first-order chi connectivity index (χ1) is 12.9. The molecule has 0 aliphatic carbocycles. The second kappa shape index (κ2) is 9.62. The number of carbonyl (C=O) groups excluding carboxylic acids is 1. The maximum atomic E-state index is 12.5. The molecule has 0 radical (unpaired) electrons. The molecule has 1 amide bonds. The summed E-state index contributed by atoms with van der Waals surface area (Å²) in [6, 6.07) is 10.4. The van der Waals surface area contributed by atoms with Gasteiger partial charge >= 0.3 is 0 Å². The van der Waals surface area contributed by atoms with Crippen molar-refractivity contribution in [3.8, 4) is 0 Å². The van der Waals surface area contributed by atoms with Crippen LogP contribution in [0.25, 0.3) is 0 Å². The Morgan fingerprint density at radius 3 is 2.22 bits per heavy atom. The van der Waals surface area contributed by atoms with Crippen molar-refractivity contribution in [2.24, 2.45) is 0 Å². The van der Waals surface area contributed by atoms with Crippen molar-refractivity contribution < 1.29 is 13.2 Å². The molecule has 0 fully saturated rings. The third-order valence-corrected chi connectivity index (χ3v) is 6.55. The number of carbonyl (C=O) groups is 1. The highest BCUT2D eigenvalue weighted by molar-refractivity contribution is 7.89. The summed E-state index contributed by atoms with van der Waals surface area (Å²) in [7, 11) is -3.45. The minimum absolute atomic E-state index is 0.0425. The van der Waals surface area contributed by atoms with E-state index >= 15 is 0 Å². The predicted octanol–water partition coefficient (Wildman–Crippen LogP) is 2.92. The Labute approximate surface area is 161 Å². The fourth-order valence-corrected chi connectivity index (χ4v) is 4.31. The van der Waals surface area contributed by atoms with Gasteiger partial charge < -0.3 is 5.32 Å². The van der Waals surface area contributed by atoms with E-state index in [0.717, 1.165) is 11.1 Å². The highest BCUT2D eigenvalue weighted by Gasteiger charge is 2.21. The van der Waals surface area contributed by atoms with Gasteiger partial charge in [-0.2, -0.15) is 4.31 Å². The first-order valence-electron chi connectivity index (χ1n) is 9.16. The Hall–Kier alpha value is -2.25. The van der Waals surface area contributed by atoms with Crippen LogP contribution in [0.1, 0.15) is 44.4 Å². The number of aryl methyl sites for hydroxylation is 1. The molecule has 0 aliphatic rings. The third kappa shape index (κ3) is 5.61. The molecular formula is C20H27N3O3S. The number of hydrogen-bond acceptors (Lipinski definition) is 4. The van der Waals surface area contributed by atoms with Gasteiger partial charge in [-0.1, -0.05) is 26.0 Å². The number of amides is 1. The molecule has 2 aromatic rings. The number of nitrogens with one attached hydrogen (secondary N) is 1. The summed E-state index contributed by atoms with van der Waals surface area (Å²) < 4.78 is 26.4. The fourth-order valence-electron chi connectivity index (χ4n) is 2.85. The molecule has 27 heavy (non-hydrogen) atoms.